The van der Waals surface area contributed by atoms with Crippen LogP contribution in [0.25, 0.3) is 11.0 Å². The monoisotopic (exact) mass is 215 g/mol. The first kappa shape index (κ1) is 10.2. The Kier molecular flexibility index (Phi) is 2.37. The van der Waals surface area contributed by atoms with E-state index in [9.17, 15) is 4.79 Å². The summed E-state index contributed by atoms with van der Waals surface area (Å²) in [5.74, 6) is 0.475. The fraction of sp³-hybridized carbons (Fsp3) is 0.167. The normalized spacial score (nSPS) is 10.1. The second-order valence-electron chi connectivity index (χ2n) is 3.42. The molecule has 0 radical (unpaired) electrons. The molecule has 0 saturated carbocycles. The molecule has 1 aromatic carbocycles. The van der Waals surface area contributed by atoms with Crippen LogP contribution in [-0.4, -0.2) is 7.11 Å². The Labute approximate surface area is 91.7 Å². The van der Waals surface area contributed by atoms with Crippen LogP contribution in [0.4, 0.5) is 0 Å². The van der Waals surface area contributed by atoms with Crippen LogP contribution in [-0.2, 0) is 0 Å². The van der Waals surface area contributed by atoms with Gasteiger partial charge in [-0.3, -0.25) is 0 Å². The zero-order valence-electron chi connectivity index (χ0n) is 8.90. The Bertz CT molecular complexity index is 650. The maximum absolute atomic E-state index is 11.3. The molecule has 0 bridgehead atoms. The van der Waals surface area contributed by atoms with Gasteiger partial charge in [0.1, 0.15) is 17.4 Å². The lowest BCUT2D eigenvalue weighted by atomic mass is 10.1. The number of nitriles is 1. The zero-order valence-corrected chi connectivity index (χ0v) is 8.90. The lowest BCUT2D eigenvalue weighted by Crippen LogP contribution is -2.02. The fourth-order valence-corrected chi connectivity index (χ4v) is 1.51. The average molecular weight is 215 g/mol. The van der Waals surface area contributed by atoms with Gasteiger partial charge in [-0.2, -0.15) is 5.26 Å². The van der Waals surface area contributed by atoms with Crippen molar-refractivity contribution < 1.29 is 9.15 Å². The summed E-state index contributed by atoms with van der Waals surface area (Å²) in [5, 5.41) is 9.63. The first-order chi connectivity index (χ1) is 7.65. The van der Waals surface area contributed by atoms with Gasteiger partial charge in [0, 0.05) is 17.0 Å². The Morgan fingerprint density at radius 1 is 1.38 bits per heavy atom. The highest BCUT2D eigenvalue weighted by molar-refractivity contribution is 5.81. The van der Waals surface area contributed by atoms with Crippen LogP contribution in [0.15, 0.2) is 27.4 Å². The van der Waals surface area contributed by atoms with Gasteiger partial charge in [-0.15, -0.1) is 0 Å². The minimum absolute atomic E-state index is 0.349. The van der Waals surface area contributed by atoms with Gasteiger partial charge in [0.05, 0.1) is 12.7 Å². The van der Waals surface area contributed by atoms with Crippen LogP contribution in [0.3, 0.4) is 0 Å². The van der Waals surface area contributed by atoms with E-state index in [0.717, 1.165) is 5.39 Å². The molecule has 16 heavy (non-hydrogen) atoms. The molecule has 0 N–H and O–H groups in total. The van der Waals surface area contributed by atoms with E-state index in [0.29, 0.717) is 22.5 Å². The second kappa shape index (κ2) is 3.70. The lowest BCUT2D eigenvalue weighted by molar-refractivity contribution is 0.413. The molecule has 0 amide bonds. The minimum Gasteiger partial charge on any atom is -0.495 e. The summed E-state index contributed by atoms with van der Waals surface area (Å²) in [5.41, 5.74) is 0.885. The van der Waals surface area contributed by atoms with Crippen molar-refractivity contribution >= 4 is 11.0 Å². The summed E-state index contributed by atoms with van der Waals surface area (Å²) in [6.45, 7) is 1.68. The Morgan fingerprint density at radius 2 is 2.12 bits per heavy atom. The van der Waals surface area contributed by atoms with Crippen molar-refractivity contribution in [1.29, 1.82) is 5.26 Å². The van der Waals surface area contributed by atoms with Gasteiger partial charge in [-0.1, -0.05) is 0 Å². The molecule has 1 heterocycles. The second-order valence-corrected chi connectivity index (χ2v) is 3.42. The number of fused-ring (bicyclic) bond motifs is 1. The molecule has 0 spiro atoms. The van der Waals surface area contributed by atoms with Gasteiger partial charge in [-0.25, -0.2) is 4.79 Å². The first-order valence-corrected chi connectivity index (χ1v) is 4.68. The number of rotatable bonds is 1. The number of hydrogen-bond acceptors (Lipinski definition) is 4. The van der Waals surface area contributed by atoms with Crippen LogP contribution in [0, 0.1) is 18.3 Å². The quantitative estimate of drug-likeness (QED) is 0.682. The third-order valence-electron chi connectivity index (χ3n) is 2.35. The predicted molar refractivity (Wildman–Crippen MR) is 58.5 cm³/mol. The highest BCUT2D eigenvalue weighted by atomic mass is 16.5. The van der Waals surface area contributed by atoms with E-state index < -0.39 is 0 Å². The van der Waals surface area contributed by atoms with E-state index in [1.807, 2.05) is 6.07 Å². The van der Waals surface area contributed by atoms with E-state index in [1.54, 1.807) is 19.1 Å². The van der Waals surface area contributed by atoms with Crippen molar-refractivity contribution in [3.63, 3.8) is 0 Å². The van der Waals surface area contributed by atoms with E-state index in [-0.39, 0.29) is 5.63 Å². The van der Waals surface area contributed by atoms with Crippen molar-refractivity contribution in [2.45, 2.75) is 6.92 Å². The van der Waals surface area contributed by atoms with Gasteiger partial charge in [0.2, 0.25) is 0 Å². The maximum atomic E-state index is 11.3. The van der Waals surface area contributed by atoms with E-state index in [2.05, 4.69) is 0 Å². The summed E-state index contributed by atoms with van der Waals surface area (Å²) in [7, 11) is 1.49. The molecular weight excluding hydrogens is 206 g/mol. The summed E-state index contributed by atoms with van der Waals surface area (Å²) in [4.78, 5) is 11.3. The average Bonchev–Trinajstić information content (AvgIpc) is 2.29. The first-order valence-electron chi connectivity index (χ1n) is 4.68. The predicted octanol–water partition coefficient (Wildman–Crippen LogP) is 1.98. The summed E-state index contributed by atoms with van der Waals surface area (Å²) >= 11 is 0. The number of nitrogens with zero attached hydrogens (tertiary/aromatic N) is 1. The molecule has 2 aromatic rings. The van der Waals surface area contributed by atoms with Crippen molar-refractivity contribution in [2.75, 3.05) is 7.11 Å². The molecule has 0 atom stereocenters. The topological polar surface area (TPSA) is 63.2 Å². The minimum atomic E-state index is -0.387. The molecule has 2 rings (SSSR count). The van der Waals surface area contributed by atoms with Gasteiger partial charge < -0.3 is 9.15 Å². The molecule has 4 heteroatoms. The molecule has 0 aliphatic heterocycles. The van der Waals surface area contributed by atoms with Crippen molar-refractivity contribution in [2.24, 2.45) is 0 Å². The van der Waals surface area contributed by atoms with Crippen molar-refractivity contribution in [3.05, 3.63) is 39.7 Å². The van der Waals surface area contributed by atoms with E-state index in [1.165, 1.54) is 13.2 Å². The molecule has 0 saturated heterocycles. The largest absolute Gasteiger partial charge is 0.495 e. The third-order valence-corrected chi connectivity index (χ3v) is 2.35. The SMILES string of the molecule is COc1cc2cc(C)c(=O)oc2cc1C#N. The van der Waals surface area contributed by atoms with Crippen molar-refractivity contribution in [3.8, 4) is 11.8 Å². The van der Waals surface area contributed by atoms with Crippen molar-refractivity contribution in [1.82, 2.24) is 0 Å². The molecule has 1 aromatic heterocycles. The van der Waals surface area contributed by atoms with Crippen LogP contribution in [0.2, 0.25) is 0 Å². The van der Waals surface area contributed by atoms with Crippen LogP contribution >= 0.6 is 0 Å². The number of hydrogen-bond donors (Lipinski definition) is 0. The number of aryl methyl sites for hydroxylation is 1. The maximum Gasteiger partial charge on any atom is 0.339 e. The number of methoxy groups -OCH3 is 1. The van der Waals surface area contributed by atoms with E-state index >= 15 is 0 Å². The van der Waals surface area contributed by atoms with E-state index in [4.69, 9.17) is 14.4 Å². The van der Waals surface area contributed by atoms with Gasteiger partial charge in [0.15, 0.2) is 0 Å². The summed E-state index contributed by atoms with van der Waals surface area (Å²) in [6, 6.07) is 6.89. The van der Waals surface area contributed by atoms with Gasteiger partial charge in [-0.05, 0) is 19.1 Å². The summed E-state index contributed by atoms with van der Waals surface area (Å²) < 4.78 is 10.1. The number of benzene rings is 1. The molecule has 0 fully saturated rings. The molecule has 0 unspecified atom stereocenters. The molecule has 0 aliphatic rings. The third kappa shape index (κ3) is 1.52. The Morgan fingerprint density at radius 3 is 2.75 bits per heavy atom. The lowest BCUT2D eigenvalue weighted by Gasteiger charge is -2.04. The highest BCUT2D eigenvalue weighted by Gasteiger charge is 2.08. The smallest absolute Gasteiger partial charge is 0.339 e. The Balaban J connectivity index is 2.85. The fourth-order valence-electron chi connectivity index (χ4n) is 1.51. The molecule has 0 aliphatic carbocycles. The van der Waals surface area contributed by atoms with Gasteiger partial charge in [0.25, 0.3) is 0 Å². The Hall–Kier alpha value is -2.28. The molecular formula is C12H9NO3. The van der Waals surface area contributed by atoms with Crippen LogP contribution in [0.1, 0.15) is 11.1 Å². The van der Waals surface area contributed by atoms with Crippen LogP contribution in [0.5, 0.6) is 5.75 Å². The molecule has 80 valence electrons. The number of ether oxygens (including phenoxy) is 1. The highest BCUT2D eigenvalue weighted by Crippen LogP contribution is 2.24. The van der Waals surface area contributed by atoms with Crippen LogP contribution < -0.4 is 10.4 Å². The van der Waals surface area contributed by atoms with Gasteiger partial charge >= 0.3 is 5.63 Å². The zero-order chi connectivity index (χ0) is 11.7. The molecule has 4 nitrogen and oxygen atoms in total. The standard InChI is InChI=1S/C12H9NO3/c1-7-3-8-4-10(15-2)9(6-13)5-11(8)16-12(7)14/h3-5H,1-2H3. The summed E-state index contributed by atoms with van der Waals surface area (Å²) in [6.07, 6.45) is 0.